The molecule has 2 unspecified atom stereocenters. The standard InChI is InChI=1S/C11H22N2/c1-11(2,3)10-12-8-9-6-4-5-7-13(9)10/h9-10,12H,4-8H2,1-3H3. The van der Waals surface area contributed by atoms with Gasteiger partial charge in [-0.3, -0.25) is 10.2 Å². The summed E-state index contributed by atoms with van der Waals surface area (Å²) >= 11 is 0. The first-order valence-corrected chi connectivity index (χ1v) is 5.58. The van der Waals surface area contributed by atoms with Gasteiger partial charge in [-0.2, -0.15) is 0 Å². The highest BCUT2D eigenvalue weighted by atomic mass is 15.4. The van der Waals surface area contributed by atoms with Crippen molar-refractivity contribution >= 4 is 0 Å². The number of nitrogens with zero attached hydrogens (tertiary/aromatic N) is 1. The molecule has 2 rings (SSSR count). The molecule has 0 spiro atoms. The van der Waals surface area contributed by atoms with Gasteiger partial charge < -0.3 is 0 Å². The molecule has 13 heavy (non-hydrogen) atoms. The summed E-state index contributed by atoms with van der Waals surface area (Å²) in [6.45, 7) is 9.52. The van der Waals surface area contributed by atoms with E-state index in [1.54, 1.807) is 0 Å². The average molecular weight is 182 g/mol. The van der Waals surface area contributed by atoms with Gasteiger partial charge in [0, 0.05) is 12.6 Å². The Balaban J connectivity index is 2.07. The van der Waals surface area contributed by atoms with E-state index in [0.29, 0.717) is 11.6 Å². The first-order valence-electron chi connectivity index (χ1n) is 5.58. The zero-order chi connectivity index (χ0) is 9.47. The van der Waals surface area contributed by atoms with Gasteiger partial charge in [0.15, 0.2) is 0 Å². The lowest BCUT2D eigenvalue weighted by atomic mass is 9.90. The molecule has 2 heterocycles. The molecule has 2 heteroatoms. The quantitative estimate of drug-likeness (QED) is 0.615. The Bertz CT molecular complexity index is 183. The van der Waals surface area contributed by atoms with Crippen LogP contribution in [0.2, 0.25) is 0 Å². The number of rotatable bonds is 0. The van der Waals surface area contributed by atoms with Gasteiger partial charge in [0.25, 0.3) is 0 Å². The predicted octanol–water partition coefficient (Wildman–Crippen LogP) is 1.82. The Hall–Kier alpha value is -0.0800. The molecule has 0 aromatic heterocycles. The normalized spacial score (nSPS) is 36.2. The molecule has 0 aromatic rings. The zero-order valence-electron chi connectivity index (χ0n) is 9.14. The first-order chi connectivity index (χ1) is 6.09. The Kier molecular flexibility index (Phi) is 2.37. The SMILES string of the molecule is CC(C)(C)C1NCC2CCCCN21. The number of piperidine rings is 1. The van der Waals surface area contributed by atoms with Crippen molar-refractivity contribution in [3.05, 3.63) is 0 Å². The Morgan fingerprint density at radius 3 is 2.69 bits per heavy atom. The molecule has 2 aliphatic rings. The predicted molar refractivity (Wildman–Crippen MR) is 55.6 cm³/mol. The molecule has 2 atom stereocenters. The molecule has 2 saturated heterocycles. The van der Waals surface area contributed by atoms with Crippen LogP contribution in [0.5, 0.6) is 0 Å². The van der Waals surface area contributed by atoms with Gasteiger partial charge in [0.1, 0.15) is 0 Å². The van der Waals surface area contributed by atoms with Crippen LogP contribution in [0.3, 0.4) is 0 Å². The molecule has 0 saturated carbocycles. The summed E-state index contributed by atoms with van der Waals surface area (Å²) in [6.07, 6.45) is 4.84. The third kappa shape index (κ3) is 1.75. The van der Waals surface area contributed by atoms with Crippen LogP contribution in [-0.4, -0.2) is 30.2 Å². The maximum atomic E-state index is 3.66. The van der Waals surface area contributed by atoms with Crippen LogP contribution < -0.4 is 5.32 Å². The van der Waals surface area contributed by atoms with E-state index < -0.39 is 0 Å². The minimum absolute atomic E-state index is 0.381. The van der Waals surface area contributed by atoms with Crippen molar-refractivity contribution in [1.29, 1.82) is 0 Å². The fraction of sp³-hybridized carbons (Fsp3) is 1.00. The van der Waals surface area contributed by atoms with Crippen LogP contribution in [0.1, 0.15) is 40.0 Å². The van der Waals surface area contributed by atoms with Crippen molar-refractivity contribution in [3.8, 4) is 0 Å². The summed E-state index contributed by atoms with van der Waals surface area (Å²) in [7, 11) is 0. The molecule has 0 aromatic carbocycles. The van der Waals surface area contributed by atoms with E-state index in [0.717, 1.165) is 6.04 Å². The second kappa shape index (κ2) is 3.25. The monoisotopic (exact) mass is 182 g/mol. The van der Waals surface area contributed by atoms with Gasteiger partial charge in [0.2, 0.25) is 0 Å². The van der Waals surface area contributed by atoms with Gasteiger partial charge >= 0.3 is 0 Å². The van der Waals surface area contributed by atoms with Gasteiger partial charge in [0.05, 0.1) is 6.17 Å². The van der Waals surface area contributed by atoms with Crippen molar-refractivity contribution in [2.45, 2.75) is 52.2 Å². The van der Waals surface area contributed by atoms with Crippen LogP contribution in [0.4, 0.5) is 0 Å². The van der Waals surface area contributed by atoms with Crippen LogP contribution in [0.25, 0.3) is 0 Å². The molecule has 2 nitrogen and oxygen atoms in total. The number of hydrogen-bond acceptors (Lipinski definition) is 2. The largest absolute Gasteiger partial charge is 0.300 e. The number of nitrogens with one attached hydrogen (secondary N) is 1. The summed E-state index contributed by atoms with van der Waals surface area (Å²) in [6, 6.07) is 0.831. The zero-order valence-corrected chi connectivity index (χ0v) is 9.14. The molecule has 2 fully saturated rings. The van der Waals surface area contributed by atoms with E-state index in [1.165, 1.54) is 32.4 Å². The molecule has 0 radical (unpaired) electrons. The summed E-state index contributed by atoms with van der Waals surface area (Å²) in [5.41, 5.74) is 0.381. The molecule has 0 amide bonds. The minimum Gasteiger partial charge on any atom is -0.300 e. The lowest BCUT2D eigenvalue weighted by molar-refractivity contribution is 0.0762. The van der Waals surface area contributed by atoms with Gasteiger partial charge in [-0.05, 0) is 24.8 Å². The molecule has 1 N–H and O–H groups in total. The highest BCUT2D eigenvalue weighted by Gasteiger charge is 2.40. The lowest BCUT2D eigenvalue weighted by Crippen LogP contribution is -2.49. The van der Waals surface area contributed by atoms with Crippen LogP contribution in [0, 0.1) is 5.41 Å². The fourth-order valence-electron chi connectivity index (χ4n) is 2.75. The Morgan fingerprint density at radius 1 is 1.23 bits per heavy atom. The van der Waals surface area contributed by atoms with Crippen LogP contribution >= 0.6 is 0 Å². The highest BCUT2D eigenvalue weighted by molar-refractivity contribution is 4.94. The maximum absolute atomic E-state index is 3.66. The Morgan fingerprint density at radius 2 is 2.00 bits per heavy atom. The smallest absolute Gasteiger partial charge is 0.0650 e. The topological polar surface area (TPSA) is 15.3 Å². The Labute approximate surface area is 81.7 Å². The average Bonchev–Trinajstić information content (AvgIpc) is 2.45. The van der Waals surface area contributed by atoms with E-state index in [9.17, 15) is 0 Å². The fourth-order valence-corrected chi connectivity index (χ4v) is 2.75. The van der Waals surface area contributed by atoms with E-state index in [2.05, 4.69) is 31.0 Å². The van der Waals surface area contributed by atoms with Crippen molar-refractivity contribution in [1.82, 2.24) is 10.2 Å². The van der Waals surface area contributed by atoms with Gasteiger partial charge in [-0.25, -0.2) is 0 Å². The molecular formula is C11H22N2. The lowest BCUT2D eigenvalue weighted by Gasteiger charge is -2.39. The molecule has 0 aliphatic carbocycles. The van der Waals surface area contributed by atoms with Crippen molar-refractivity contribution in [2.75, 3.05) is 13.1 Å². The van der Waals surface area contributed by atoms with Crippen molar-refractivity contribution < 1.29 is 0 Å². The highest BCUT2D eigenvalue weighted by Crippen LogP contribution is 2.31. The van der Waals surface area contributed by atoms with Crippen molar-refractivity contribution in [2.24, 2.45) is 5.41 Å². The van der Waals surface area contributed by atoms with Gasteiger partial charge in [-0.1, -0.05) is 27.2 Å². The summed E-state index contributed by atoms with van der Waals surface area (Å²) < 4.78 is 0. The number of hydrogen-bond donors (Lipinski definition) is 1. The summed E-state index contributed by atoms with van der Waals surface area (Å²) in [5, 5.41) is 3.66. The molecule has 0 bridgehead atoms. The van der Waals surface area contributed by atoms with E-state index >= 15 is 0 Å². The van der Waals surface area contributed by atoms with E-state index in [-0.39, 0.29) is 0 Å². The first kappa shape index (κ1) is 9.47. The third-order valence-electron chi connectivity index (χ3n) is 3.37. The second-order valence-corrected chi connectivity index (χ2v) is 5.56. The van der Waals surface area contributed by atoms with Crippen LogP contribution in [0.15, 0.2) is 0 Å². The third-order valence-corrected chi connectivity index (χ3v) is 3.37. The molecular weight excluding hydrogens is 160 g/mol. The van der Waals surface area contributed by atoms with E-state index in [1.807, 2.05) is 0 Å². The van der Waals surface area contributed by atoms with Gasteiger partial charge in [-0.15, -0.1) is 0 Å². The minimum atomic E-state index is 0.381. The molecule has 2 aliphatic heterocycles. The van der Waals surface area contributed by atoms with E-state index in [4.69, 9.17) is 0 Å². The molecule has 76 valence electrons. The number of fused-ring (bicyclic) bond motifs is 1. The second-order valence-electron chi connectivity index (χ2n) is 5.56. The summed E-state index contributed by atoms with van der Waals surface area (Å²) in [5.74, 6) is 0. The van der Waals surface area contributed by atoms with Crippen molar-refractivity contribution in [3.63, 3.8) is 0 Å². The maximum Gasteiger partial charge on any atom is 0.0650 e. The van der Waals surface area contributed by atoms with Crippen LogP contribution in [-0.2, 0) is 0 Å². The summed E-state index contributed by atoms with van der Waals surface area (Å²) in [4.78, 5) is 2.68.